The number of halogens is 1. The van der Waals surface area contributed by atoms with Crippen molar-refractivity contribution in [3.63, 3.8) is 0 Å². The van der Waals surface area contributed by atoms with Crippen molar-refractivity contribution < 1.29 is 9.13 Å². The Labute approximate surface area is 64.2 Å². The molecule has 0 spiro atoms. The van der Waals surface area contributed by atoms with Crippen molar-refractivity contribution >= 4 is 0 Å². The van der Waals surface area contributed by atoms with E-state index in [1.54, 1.807) is 0 Å². The maximum atomic E-state index is 12.4. The first-order chi connectivity index (χ1) is 5.18. The monoisotopic (exact) mass is 156 g/mol. The van der Waals surface area contributed by atoms with Crippen molar-refractivity contribution in [2.24, 2.45) is 0 Å². The molecule has 1 rings (SSSR count). The Morgan fingerprint density at radius 3 is 2.73 bits per heavy atom. The summed E-state index contributed by atoms with van der Waals surface area (Å²) in [4.78, 5) is 7.00. The fourth-order valence-electron chi connectivity index (χ4n) is 0.623. The zero-order chi connectivity index (χ0) is 8.27. The molecule has 0 amide bonds. The molecule has 0 aliphatic carbocycles. The molecule has 0 atom stereocenters. The van der Waals surface area contributed by atoms with Crippen LogP contribution in [0.4, 0.5) is 4.39 Å². The molecule has 11 heavy (non-hydrogen) atoms. The van der Waals surface area contributed by atoms with Gasteiger partial charge in [0.05, 0.1) is 12.2 Å². The highest BCUT2D eigenvalue weighted by Crippen LogP contribution is 2.06. The summed E-state index contributed by atoms with van der Waals surface area (Å²) in [6, 6.07) is 1.15. The standard InChI is InChI=1S/C7H9FN2O/c1-5(2)11-7-3-6(8)9-4-10-7/h3-5H,1-2H3. The molecular formula is C7H9FN2O. The van der Waals surface area contributed by atoms with E-state index in [1.165, 1.54) is 0 Å². The zero-order valence-electron chi connectivity index (χ0n) is 6.41. The summed E-state index contributed by atoms with van der Waals surface area (Å²) < 4.78 is 17.5. The van der Waals surface area contributed by atoms with E-state index >= 15 is 0 Å². The van der Waals surface area contributed by atoms with Crippen LogP contribution in [0.3, 0.4) is 0 Å². The molecule has 0 N–H and O–H groups in total. The van der Waals surface area contributed by atoms with Gasteiger partial charge in [-0.2, -0.15) is 4.39 Å². The van der Waals surface area contributed by atoms with Gasteiger partial charge in [0.2, 0.25) is 11.8 Å². The molecule has 60 valence electrons. The van der Waals surface area contributed by atoms with Crippen LogP contribution in [0.25, 0.3) is 0 Å². The van der Waals surface area contributed by atoms with Crippen LogP contribution in [0.1, 0.15) is 13.8 Å². The molecular weight excluding hydrogens is 147 g/mol. The molecule has 1 aromatic heterocycles. The SMILES string of the molecule is CC(C)Oc1cc(F)ncn1. The Kier molecular flexibility index (Phi) is 2.36. The lowest BCUT2D eigenvalue weighted by Crippen LogP contribution is -2.07. The second-order valence-electron chi connectivity index (χ2n) is 2.35. The minimum absolute atomic E-state index is 0.00398. The van der Waals surface area contributed by atoms with E-state index in [2.05, 4.69) is 9.97 Å². The van der Waals surface area contributed by atoms with Gasteiger partial charge < -0.3 is 4.74 Å². The summed E-state index contributed by atoms with van der Waals surface area (Å²) in [7, 11) is 0. The van der Waals surface area contributed by atoms with Crippen LogP contribution >= 0.6 is 0 Å². The maximum Gasteiger partial charge on any atom is 0.219 e. The molecule has 0 aliphatic rings. The average molecular weight is 156 g/mol. The second-order valence-corrected chi connectivity index (χ2v) is 2.35. The van der Waals surface area contributed by atoms with Crippen LogP contribution in [0, 0.1) is 5.95 Å². The highest BCUT2D eigenvalue weighted by molar-refractivity contribution is 5.06. The van der Waals surface area contributed by atoms with Crippen LogP contribution < -0.4 is 4.74 Å². The summed E-state index contributed by atoms with van der Waals surface area (Å²) >= 11 is 0. The van der Waals surface area contributed by atoms with Gasteiger partial charge >= 0.3 is 0 Å². The topological polar surface area (TPSA) is 35.0 Å². The van der Waals surface area contributed by atoms with Crippen molar-refractivity contribution in [2.75, 3.05) is 0 Å². The summed E-state index contributed by atoms with van der Waals surface area (Å²) in [6.07, 6.45) is 1.14. The Hall–Kier alpha value is -1.19. The Morgan fingerprint density at radius 1 is 1.45 bits per heavy atom. The molecule has 4 heteroatoms. The maximum absolute atomic E-state index is 12.4. The minimum Gasteiger partial charge on any atom is -0.475 e. The first-order valence-electron chi connectivity index (χ1n) is 3.32. The minimum atomic E-state index is -0.573. The number of nitrogens with zero attached hydrogens (tertiary/aromatic N) is 2. The summed E-state index contributed by atoms with van der Waals surface area (Å²) in [5, 5.41) is 0. The lowest BCUT2D eigenvalue weighted by Gasteiger charge is -2.06. The van der Waals surface area contributed by atoms with Crippen LogP contribution in [0.15, 0.2) is 12.4 Å². The average Bonchev–Trinajstić information content (AvgIpc) is 1.85. The number of rotatable bonds is 2. The van der Waals surface area contributed by atoms with Gasteiger partial charge in [-0.25, -0.2) is 9.97 Å². The quantitative estimate of drug-likeness (QED) is 0.607. The Balaban J connectivity index is 2.71. The van der Waals surface area contributed by atoms with Crippen molar-refractivity contribution in [1.29, 1.82) is 0 Å². The number of ether oxygens (including phenoxy) is 1. The van der Waals surface area contributed by atoms with E-state index in [0.717, 1.165) is 12.4 Å². The number of hydrogen-bond donors (Lipinski definition) is 0. The predicted molar refractivity (Wildman–Crippen MR) is 37.8 cm³/mol. The second kappa shape index (κ2) is 3.27. The van der Waals surface area contributed by atoms with Crippen LogP contribution in [-0.2, 0) is 0 Å². The molecule has 1 aromatic rings. The van der Waals surface area contributed by atoms with E-state index in [-0.39, 0.29) is 12.0 Å². The van der Waals surface area contributed by atoms with Gasteiger partial charge in [-0.05, 0) is 13.8 Å². The molecule has 0 aromatic carbocycles. The summed E-state index contributed by atoms with van der Waals surface area (Å²) in [5.41, 5.74) is 0. The first kappa shape index (κ1) is 7.91. The molecule has 0 saturated carbocycles. The van der Waals surface area contributed by atoms with Gasteiger partial charge in [0.15, 0.2) is 0 Å². The zero-order valence-corrected chi connectivity index (χ0v) is 6.41. The fourth-order valence-corrected chi connectivity index (χ4v) is 0.623. The third kappa shape index (κ3) is 2.49. The van der Waals surface area contributed by atoms with Crippen LogP contribution in [0.5, 0.6) is 5.88 Å². The van der Waals surface area contributed by atoms with Gasteiger partial charge in [0, 0.05) is 0 Å². The van der Waals surface area contributed by atoms with Crippen LogP contribution in [-0.4, -0.2) is 16.1 Å². The smallest absolute Gasteiger partial charge is 0.219 e. The lowest BCUT2D eigenvalue weighted by molar-refractivity contribution is 0.230. The largest absolute Gasteiger partial charge is 0.475 e. The number of hydrogen-bond acceptors (Lipinski definition) is 3. The van der Waals surface area contributed by atoms with Gasteiger partial charge in [-0.1, -0.05) is 0 Å². The molecule has 0 saturated heterocycles. The predicted octanol–water partition coefficient (Wildman–Crippen LogP) is 1.40. The third-order valence-corrected chi connectivity index (χ3v) is 0.965. The van der Waals surface area contributed by atoms with Crippen molar-refractivity contribution in [3.05, 3.63) is 18.3 Å². The van der Waals surface area contributed by atoms with Crippen molar-refractivity contribution in [3.8, 4) is 5.88 Å². The molecule has 1 heterocycles. The highest BCUT2D eigenvalue weighted by atomic mass is 19.1. The van der Waals surface area contributed by atoms with E-state index in [4.69, 9.17) is 4.74 Å². The van der Waals surface area contributed by atoms with E-state index in [9.17, 15) is 4.39 Å². The summed E-state index contributed by atoms with van der Waals surface area (Å²) in [6.45, 7) is 3.69. The van der Waals surface area contributed by atoms with Gasteiger partial charge in [-0.15, -0.1) is 0 Å². The number of aromatic nitrogens is 2. The molecule has 0 radical (unpaired) electrons. The van der Waals surface area contributed by atoms with Gasteiger partial charge in [0.1, 0.15) is 6.33 Å². The van der Waals surface area contributed by atoms with Crippen LogP contribution in [0.2, 0.25) is 0 Å². The molecule has 0 unspecified atom stereocenters. The normalized spacial score (nSPS) is 10.2. The summed E-state index contributed by atoms with van der Waals surface area (Å²) in [5.74, 6) is -0.303. The van der Waals surface area contributed by atoms with Crippen molar-refractivity contribution in [2.45, 2.75) is 20.0 Å². The first-order valence-corrected chi connectivity index (χ1v) is 3.32. The fraction of sp³-hybridized carbons (Fsp3) is 0.429. The lowest BCUT2D eigenvalue weighted by atomic mass is 10.5. The van der Waals surface area contributed by atoms with E-state index in [1.807, 2.05) is 13.8 Å². The molecule has 3 nitrogen and oxygen atoms in total. The van der Waals surface area contributed by atoms with Crippen molar-refractivity contribution in [1.82, 2.24) is 9.97 Å². The van der Waals surface area contributed by atoms with E-state index in [0.29, 0.717) is 0 Å². The Bertz CT molecular complexity index is 240. The molecule has 0 fully saturated rings. The van der Waals surface area contributed by atoms with Gasteiger partial charge in [-0.3, -0.25) is 0 Å². The van der Waals surface area contributed by atoms with Gasteiger partial charge in [0.25, 0.3) is 0 Å². The van der Waals surface area contributed by atoms with E-state index < -0.39 is 5.95 Å². The molecule has 0 bridgehead atoms. The highest BCUT2D eigenvalue weighted by Gasteiger charge is 1.99. The third-order valence-electron chi connectivity index (χ3n) is 0.965. The Morgan fingerprint density at radius 2 is 2.18 bits per heavy atom. The molecule has 0 aliphatic heterocycles.